The molecule has 7 nitrogen and oxygen atoms in total. The molecule has 0 rings (SSSR count). The maximum atomic E-state index is 12.0. The van der Waals surface area contributed by atoms with Gasteiger partial charge in [-0.2, -0.15) is 0 Å². The Labute approximate surface area is 257 Å². The van der Waals surface area contributed by atoms with E-state index < -0.39 is 35.7 Å². The van der Waals surface area contributed by atoms with Crippen LogP contribution in [-0.4, -0.2) is 63.9 Å². The summed E-state index contributed by atoms with van der Waals surface area (Å²) in [6, 6.07) is 0. The van der Waals surface area contributed by atoms with Crippen LogP contribution in [0.1, 0.15) is 150 Å². The molecule has 0 aromatic rings. The van der Waals surface area contributed by atoms with Gasteiger partial charge in [0.1, 0.15) is 17.8 Å². The molecule has 0 saturated carbocycles. The number of carboxylic acid groups (broad SMARTS) is 3. The lowest BCUT2D eigenvalue weighted by atomic mass is 9.95. The molecule has 42 heavy (non-hydrogen) atoms. The van der Waals surface area contributed by atoms with Crippen molar-refractivity contribution in [3.05, 3.63) is 12.2 Å². The molecule has 0 bridgehead atoms. The number of carbonyl (C=O) groups is 3. The highest BCUT2D eigenvalue weighted by Crippen LogP contribution is 2.25. The van der Waals surface area contributed by atoms with Crippen LogP contribution in [0, 0.1) is 17.8 Å². The van der Waals surface area contributed by atoms with Crippen LogP contribution in [0.25, 0.3) is 0 Å². The van der Waals surface area contributed by atoms with Gasteiger partial charge in [-0.25, -0.2) is 0 Å². The average Bonchev–Trinajstić information content (AvgIpc) is 2.96. The Morgan fingerprint density at radius 2 is 0.810 bits per heavy atom. The normalized spacial score (nSPS) is 15.3. The maximum Gasteiger partial charge on any atom is 0.312 e. The molecule has 246 valence electrons. The average molecular weight is 597 g/mol. The molecule has 3 N–H and O–H groups in total. The standard InChI is InChI=1S/C35H65NO6/c1-5-9-10-11-12-13-14-15-16-17-18-19-20-21-22-23-24-25-26-36(27-30(6-2)33(37)38,28-31(7-3)34(39)40)29-32(8-4)35(41)42/h16-17,30-32H,5-15,18-29H2,1-4H3,(H2-,37,38,39,40,41,42)/p+1/b17-16+. The minimum Gasteiger partial charge on any atom is -0.481 e. The molecule has 0 radical (unpaired) electrons. The van der Waals surface area contributed by atoms with Gasteiger partial charge in [0.15, 0.2) is 0 Å². The zero-order chi connectivity index (χ0) is 31.6. The summed E-state index contributed by atoms with van der Waals surface area (Å²) in [5.41, 5.74) is 0. The molecule has 0 amide bonds. The molecular formula is C35H66NO6+. The van der Waals surface area contributed by atoms with E-state index in [9.17, 15) is 29.7 Å². The van der Waals surface area contributed by atoms with Crippen LogP contribution in [0.15, 0.2) is 12.2 Å². The predicted molar refractivity (Wildman–Crippen MR) is 173 cm³/mol. The molecule has 0 saturated heterocycles. The van der Waals surface area contributed by atoms with Crippen molar-refractivity contribution in [1.29, 1.82) is 0 Å². The van der Waals surface area contributed by atoms with Crippen molar-refractivity contribution in [2.75, 3.05) is 26.2 Å². The summed E-state index contributed by atoms with van der Waals surface area (Å²) in [5, 5.41) is 29.5. The van der Waals surface area contributed by atoms with Crippen molar-refractivity contribution in [3.8, 4) is 0 Å². The maximum absolute atomic E-state index is 12.0. The third-order valence-electron chi connectivity index (χ3n) is 8.99. The third-order valence-corrected chi connectivity index (χ3v) is 8.99. The number of nitrogens with zero attached hydrogens (tertiary/aromatic N) is 1. The van der Waals surface area contributed by atoms with E-state index in [2.05, 4.69) is 19.1 Å². The zero-order valence-corrected chi connectivity index (χ0v) is 27.7. The quantitative estimate of drug-likeness (QED) is 0.0433. The van der Waals surface area contributed by atoms with Crippen molar-refractivity contribution < 1.29 is 34.2 Å². The zero-order valence-electron chi connectivity index (χ0n) is 27.7. The second-order valence-corrected chi connectivity index (χ2v) is 12.6. The fourth-order valence-electron chi connectivity index (χ4n) is 6.09. The van der Waals surface area contributed by atoms with E-state index in [0.29, 0.717) is 25.8 Å². The molecule has 3 atom stereocenters. The number of hydrogen-bond acceptors (Lipinski definition) is 3. The number of quaternary nitrogens is 1. The van der Waals surface area contributed by atoms with Crippen molar-refractivity contribution in [3.63, 3.8) is 0 Å². The van der Waals surface area contributed by atoms with E-state index in [-0.39, 0.29) is 24.1 Å². The van der Waals surface area contributed by atoms with Gasteiger partial charge in [0, 0.05) is 0 Å². The molecule has 7 heteroatoms. The molecule has 0 fully saturated rings. The molecule has 0 spiro atoms. The fourth-order valence-corrected chi connectivity index (χ4v) is 6.09. The number of allylic oxidation sites excluding steroid dienone is 2. The highest BCUT2D eigenvalue weighted by Gasteiger charge is 2.40. The number of hydrogen-bond donors (Lipinski definition) is 3. The predicted octanol–water partition coefficient (Wildman–Crippen LogP) is 8.95. The monoisotopic (exact) mass is 596 g/mol. The van der Waals surface area contributed by atoms with E-state index in [0.717, 1.165) is 32.1 Å². The Morgan fingerprint density at radius 1 is 0.500 bits per heavy atom. The van der Waals surface area contributed by atoms with Crippen LogP contribution < -0.4 is 0 Å². The Hall–Kier alpha value is -1.89. The summed E-state index contributed by atoms with van der Waals surface area (Å²) in [5.74, 6) is -4.52. The first kappa shape index (κ1) is 40.1. The van der Waals surface area contributed by atoms with E-state index in [4.69, 9.17) is 0 Å². The largest absolute Gasteiger partial charge is 0.481 e. The van der Waals surface area contributed by atoms with Crippen LogP contribution in [0.2, 0.25) is 0 Å². The minimum atomic E-state index is -0.889. The number of aliphatic carboxylic acids is 3. The second-order valence-electron chi connectivity index (χ2n) is 12.6. The van der Waals surface area contributed by atoms with Gasteiger partial charge < -0.3 is 19.8 Å². The highest BCUT2D eigenvalue weighted by atomic mass is 16.4. The molecular weight excluding hydrogens is 530 g/mol. The van der Waals surface area contributed by atoms with E-state index in [1.54, 1.807) is 0 Å². The van der Waals surface area contributed by atoms with Gasteiger partial charge in [-0.15, -0.1) is 0 Å². The molecule has 0 aliphatic heterocycles. The van der Waals surface area contributed by atoms with Crippen LogP contribution in [-0.2, 0) is 14.4 Å². The summed E-state index contributed by atoms with van der Waals surface area (Å²) >= 11 is 0. The topological polar surface area (TPSA) is 112 Å². The van der Waals surface area contributed by atoms with E-state index >= 15 is 0 Å². The minimum absolute atomic E-state index is 0.256. The highest BCUT2D eigenvalue weighted by molar-refractivity contribution is 5.71. The SMILES string of the molecule is CCCCCCCCC/C=C/CCCCCCCCC[N+](CC(CC)C(=O)O)(CC(CC)C(=O)O)CC(CC)C(=O)O. The molecule has 3 unspecified atom stereocenters. The Balaban J connectivity index is 4.73. The van der Waals surface area contributed by atoms with Crippen LogP contribution in [0.5, 0.6) is 0 Å². The first-order valence-electron chi connectivity index (χ1n) is 17.3. The Morgan fingerprint density at radius 3 is 1.12 bits per heavy atom. The summed E-state index contributed by atoms with van der Waals surface area (Å²) in [7, 11) is 0. The van der Waals surface area contributed by atoms with Crippen LogP contribution >= 0.6 is 0 Å². The molecule has 0 aliphatic carbocycles. The summed E-state index contributed by atoms with van der Waals surface area (Å²) in [6.45, 7) is 9.24. The fraction of sp³-hybridized carbons (Fsp3) is 0.857. The van der Waals surface area contributed by atoms with Crippen molar-refractivity contribution in [2.45, 2.75) is 150 Å². The Bertz CT molecular complexity index is 677. The van der Waals surface area contributed by atoms with Crippen molar-refractivity contribution in [1.82, 2.24) is 0 Å². The van der Waals surface area contributed by atoms with Gasteiger partial charge in [0.2, 0.25) is 0 Å². The number of unbranched alkanes of at least 4 members (excludes halogenated alkanes) is 14. The van der Waals surface area contributed by atoms with Gasteiger partial charge in [-0.3, -0.25) is 14.4 Å². The second kappa shape index (κ2) is 25.6. The van der Waals surface area contributed by atoms with E-state index in [1.165, 1.54) is 70.6 Å². The summed E-state index contributed by atoms with van der Waals surface area (Å²) in [6.07, 6.45) is 25.6. The summed E-state index contributed by atoms with van der Waals surface area (Å²) in [4.78, 5) is 35.9. The van der Waals surface area contributed by atoms with Gasteiger partial charge >= 0.3 is 17.9 Å². The van der Waals surface area contributed by atoms with Crippen LogP contribution in [0.3, 0.4) is 0 Å². The van der Waals surface area contributed by atoms with Gasteiger partial charge in [-0.1, -0.05) is 104 Å². The summed E-state index contributed by atoms with van der Waals surface area (Å²) < 4.78 is 0.256. The van der Waals surface area contributed by atoms with Gasteiger partial charge in [0.25, 0.3) is 0 Å². The first-order valence-corrected chi connectivity index (χ1v) is 17.3. The van der Waals surface area contributed by atoms with Gasteiger partial charge in [0.05, 0.1) is 26.2 Å². The van der Waals surface area contributed by atoms with E-state index in [1.807, 2.05) is 20.8 Å². The number of carboxylic acids is 3. The molecule has 0 aliphatic rings. The van der Waals surface area contributed by atoms with Gasteiger partial charge in [-0.05, 0) is 57.8 Å². The smallest absolute Gasteiger partial charge is 0.312 e. The van der Waals surface area contributed by atoms with Crippen LogP contribution in [0.4, 0.5) is 0 Å². The number of rotatable bonds is 30. The molecule has 0 aromatic heterocycles. The lowest BCUT2D eigenvalue weighted by molar-refractivity contribution is -0.935. The third kappa shape index (κ3) is 19.3. The molecule has 0 aromatic carbocycles. The van der Waals surface area contributed by atoms with Crippen molar-refractivity contribution >= 4 is 17.9 Å². The lowest BCUT2D eigenvalue weighted by Crippen LogP contribution is -2.58. The molecule has 0 heterocycles. The Kier molecular flexibility index (Phi) is 24.4. The lowest BCUT2D eigenvalue weighted by Gasteiger charge is -2.43. The van der Waals surface area contributed by atoms with Crippen molar-refractivity contribution in [2.24, 2.45) is 17.8 Å². The first-order chi connectivity index (χ1) is 20.2.